The molecule has 1 aromatic heterocycles. The molecule has 1 aliphatic heterocycles. The quantitative estimate of drug-likeness (QED) is 0.623. The first-order chi connectivity index (χ1) is 5.77. The Kier molecular flexibility index (Phi) is 1.56. The zero-order valence-corrected chi connectivity index (χ0v) is 6.66. The Labute approximate surface area is 69.6 Å². The molecule has 1 aromatic rings. The second-order valence-corrected chi connectivity index (χ2v) is 2.90. The summed E-state index contributed by atoms with van der Waals surface area (Å²) in [5.74, 6) is 0.485. The lowest BCUT2D eigenvalue weighted by Gasteiger charge is -2.09. The molecule has 1 amide bonds. The fraction of sp³-hybridized carbons (Fsp3) is 0.571. The van der Waals surface area contributed by atoms with Crippen molar-refractivity contribution in [2.24, 2.45) is 5.73 Å². The number of carbonyl (C=O) groups is 1. The van der Waals surface area contributed by atoms with Gasteiger partial charge in [-0.1, -0.05) is 0 Å². The fourth-order valence-electron chi connectivity index (χ4n) is 1.39. The maximum atomic E-state index is 10.7. The van der Waals surface area contributed by atoms with Gasteiger partial charge in [0.1, 0.15) is 5.82 Å². The van der Waals surface area contributed by atoms with Gasteiger partial charge in [0, 0.05) is 13.0 Å². The van der Waals surface area contributed by atoms with E-state index in [-0.39, 0.29) is 5.82 Å². The van der Waals surface area contributed by atoms with E-state index >= 15 is 0 Å². The molecule has 12 heavy (non-hydrogen) atoms. The number of rotatable bonds is 1. The molecule has 0 radical (unpaired) electrons. The third-order valence-corrected chi connectivity index (χ3v) is 1.99. The number of aryl methyl sites for hydroxylation is 2. The first-order valence-electron chi connectivity index (χ1n) is 4.01. The molecule has 0 aliphatic carbocycles. The van der Waals surface area contributed by atoms with Crippen LogP contribution in [0, 0.1) is 0 Å². The molecule has 2 N–H and O–H groups in total. The van der Waals surface area contributed by atoms with Crippen LogP contribution in [-0.4, -0.2) is 20.7 Å². The Hall–Kier alpha value is -1.39. The number of carbonyl (C=O) groups excluding carboxylic acids is 1. The van der Waals surface area contributed by atoms with Crippen LogP contribution in [0.15, 0.2) is 0 Å². The van der Waals surface area contributed by atoms with Gasteiger partial charge in [-0.15, -0.1) is 5.10 Å². The van der Waals surface area contributed by atoms with E-state index in [9.17, 15) is 4.79 Å². The van der Waals surface area contributed by atoms with Gasteiger partial charge in [0.25, 0.3) is 5.91 Å². The van der Waals surface area contributed by atoms with E-state index in [1.54, 1.807) is 4.68 Å². The van der Waals surface area contributed by atoms with Gasteiger partial charge in [-0.25, -0.2) is 9.67 Å². The van der Waals surface area contributed by atoms with E-state index in [2.05, 4.69) is 10.1 Å². The monoisotopic (exact) mass is 166 g/mol. The number of aromatic nitrogens is 3. The van der Waals surface area contributed by atoms with Crippen LogP contribution in [0.5, 0.6) is 0 Å². The van der Waals surface area contributed by atoms with E-state index in [4.69, 9.17) is 5.73 Å². The lowest BCUT2D eigenvalue weighted by Crippen LogP contribution is -2.14. The lowest BCUT2D eigenvalue weighted by molar-refractivity contribution is 0.0990. The van der Waals surface area contributed by atoms with Gasteiger partial charge in [-0.3, -0.25) is 4.79 Å². The van der Waals surface area contributed by atoms with Crippen molar-refractivity contribution in [3.8, 4) is 0 Å². The first kappa shape index (κ1) is 7.27. The van der Waals surface area contributed by atoms with Crippen LogP contribution >= 0.6 is 0 Å². The van der Waals surface area contributed by atoms with Crippen LogP contribution in [0.1, 0.15) is 29.3 Å². The van der Waals surface area contributed by atoms with Gasteiger partial charge in [-0.05, 0) is 12.8 Å². The molecule has 0 saturated heterocycles. The predicted molar refractivity (Wildman–Crippen MR) is 41.5 cm³/mol. The highest BCUT2D eigenvalue weighted by molar-refractivity contribution is 5.88. The summed E-state index contributed by atoms with van der Waals surface area (Å²) in [5.41, 5.74) is 5.05. The highest BCUT2D eigenvalue weighted by Gasteiger charge is 2.15. The normalized spacial score (nSPS) is 15.7. The fourth-order valence-corrected chi connectivity index (χ4v) is 1.39. The Balaban J connectivity index is 2.38. The van der Waals surface area contributed by atoms with Crippen LogP contribution in [0.3, 0.4) is 0 Å². The SMILES string of the molecule is NC(=O)c1nc2n(n1)CCCC2. The van der Waals surface area contributed by atoms with Crippen molar-refractivity contribution in [2.75, 3.05) is 0 Å². The summed E-state index contributed by atoms with van der Waals surface area (Å²) in [7, 11) is 0. The summed E-state index contributed by atoms with van der Waals surface area (Å²) in [5, 5.41) is 3.98. The van der Waals surface area contributed by atoms with Crippen molar-refractivity contribution in [2.45, 2.75) is 25.8 Å². The summed E-state index contributed by atoms with van der Waals surface area (Å²) in [6, 6.07) is 0. The molecule has 0 spiro atoms. The Morgan fingerprint density at radius 1 is 1.50 bits per heavy atom. The Morgan fingerprint density at radius 2 is 2.33 bits per heavy atom. The third-order valence-electron chi connectivity index (χ3n) is 1.99. The molecule has 64 valence electrons. The number of amides is 1. The van der Waals surface area contributed by atoms with Crippen molar-refractivity contribution >= 4 is 5.91 Å². The molecule has 0 unspecified atom stereocenters. The first-order valence-corrected chi connectivity index (χ1v) is 4.01. The smallest absolute Gasteiger partial charge is 0.288 e. The summed E-state index contributed by atoms with van der Waals surface area (Å²) < 4.78 is 1.77. The van der Waals surface area contributed by atoms with Crippen molar-refractivity contribution < 1.29 is 4.79 Å². The summed E-state index contributed by atoms with van der Waals surface area (Å²) >= 11 is 0. The zero-order chi connectivity index (χ0) is 8.55. The summed E-state index contributed by atoms with van der Waals surface area (Å²) in [4.78, 5) is 14.7. The summed E-state index contributed by atoms with van der Waals surface area (Å²) in [6.45, 7) is 0.857. The maximum Gasteiger partial charge on any atom is 0.288 e. The topological polar surface area (TPSA) is 73.8 Å². The molecule has 0 saturated carbocycles. The average molecular weight is 166 g/mol. The van der Waals surface area contributed by atoms with Gasteiger partial charge in [0.15, 0.2) is 0 Å². The number of fused-ring (bicyclic) bond motifs is 1. The third kappa shape index (κ3) is 1.07. The molecule has 0 bridgehead atoms. The standard InChI is InChI=1S/C7H10N4O/c8-6(12)7-9-5-3-1-2-4-11(5)10-7/h1-4H2,(H2,8,12). The number of nitrogens with two attached hydrogens (primary N) is 1. The Morgan fingerprint density at radius 3 is 3.00 bits per heavy atom. The van der Waals surface area contributed by atoms with Gasteiger partial charge in [0.2, 0.25) is 5.82 Å². The van der Waals surface area contributed by atoms with E-state index in [1.807, 2.05) is 0 Å². The molecule has 0 atom stereocenters. The second kappa shape index (κ2) is 2.58. The molecule has 0 fully saturated rings. The van der Waals surface area contributed by atoms with Crippen molar-refractivity contribution in [1.82, 2.24) is 14.8 Å². The van der Waals surface area contributed by atoms with Crippen molar-refractivity contribution in [3.05, 3.63) is 11.6 Å². The molecule has 2 rings (SSSR count). The van der Waals surface area contributed by atoms with Crippen LogP contribution in [-0.2, 0) is 13.0 Å². The van der Waals surface area contributed by atoms with Gasteiger partial charge >= 0.3 is 0 Å². The van der Waals surface area contributed by atoms with E-state index < -0.39 is 5.91 Å². The zero-order valence-electron chi connectivity index (χ0n) is 6.66. The van der Waals surface area contributed by atoms with Crippen LogP contribution in [0.4, 0.5) is 0 Å². The number of hydrogen-bond acceptors (Lipinski definition) is 3. The highest BCUT2D eigenvalue weighted by Crippen LogP contribution is 2.11. The molecule has 1 aliphatic rings. The minimum Gasteiger partial charge on any atom is -0.363 e. The van der Waals surface area contributed by atoms with Gasteiger partial charge < -0.3 is 5.73 Å². The van der Waals surface area contributed by atoms with E-state index in [0.717, 1.165) is 31.6 Å². The molecular weight excluding hydrogens is 156 g/mol. The molecule has 5 heteroatoms. The van der Waals surface area contributed by atoms with Crippen LogP contribution in [0.25, 0.3) is 0 Å². The number of nitrogens with zero attached hydrogens (tertiary/aromatic N) is 3. The Bertz CT molecular complexity index is 294. The molecule has 2 heterocycles. The molecule has 5 nitrogen and oxygen atoms in total. The predicted octanol–water partition coefficient (Wildman–Crippen LogP) is -0.287. The van der Waals surface area contributed by atoms with E-state index in [1.165, 1.54) is 0 Å². The second-order valence-electron chi connectivity index (χ2n) is 2.90. The van der Waals surface area contributed by atoms with E-state index in [0.29, 0.717) is 0 Å². The molecule has 0 aromatic carbocycles. The minimum atomic E-state index is -0.545. The van der Waals surface area contributed by atoms with Crippen LogP contribution in [0.2, 0.25) is 0 Å². The minimum absolute atomic E-state index is 0.145. The number of primary amides is 1. The van der Waals surface area contributed by atoms with Crippen molar-refractivity contribution in [1.29, 1.82) is 0 Å². The van der Waals surface area contributed by atoms with Gasteiger partial charge in [-0.2, -0.15) is 0 Å². The van der Waals surface area contributed by atoms with Crippen molar-refractivity contribution in [3.63, 3.8) is 0 Å². The van der Waals surface area contributed by atoms with Gasteiger partial charge in [0.05, 0.1) is 0 Å². The number of hydrogen-bond donors (Lipinski definition) is 1. The largest absolute Gasteiger partial charge is 0.363 e. The van der Waals surface area contributed by atoms with Crippen LogP contribution < -0.4 is 5.73 Å². The summed E-state index contributed by atoms with van der Waals surface area (Å²) in [6.07, 6.45) is 3.13. The lowest BCUT2D eigenvalue weighted by atomic mass is 10.2. The average Bonchev–Trinajstić information content (AvgIpc) is 2.46. The maximum absolute atomic E-state index is 10.7. The molecular formula is C7H10N4O. The highest BCUT2D eigenvalue weighted by atomic mass is 16.1.